The van der Waals surface area contributed by atoms with E-state index in [4.69, 9.17) is 11.6 Å². The molecule has 112 valence electrons. The molecule has 0 fully saturated rings. The summed E-state index contributed by atoms with van der Waals surface area (Å²) in [7, 11) is 0. The van der Waals surface area contributed by atoms with Crippen molar-refractivity contribution < 1.29 is 13.6 Å². The van der Waals surface area contributed by atoms with E-state index in [1.54, 1.807) is 11.6 Å². The number of rotatable bonds is 4. The van der Waals surface area contributed by atoms with Crippen LogP contribution in [0.5, 0.6) is 0 Å². The van der Waals surface area contributed by atoms with Gasteiger partial charge in [-0.15, -0.1) is 0 Å². The fraction of sp³-hybridized carbons (Fsp3) is 0.286. The SMILES string of the molecule is CCn1nc(C)c(Cl)c1CC(=O)c1c(F)cc(Br)cc1F. The van der Waals surface area contributed by atoms with Crippen molar-refractivity contribution in [3.63, 3.8) is 0 Å². The molecular weight excluding hydrogens is 366 g/mol. The standard InChI is InChI=1S/C14H12BrClF2N2O/c1-3-20-11(14(16)7(2)19-20)6-12(21)13-9(17)4-8(15)5-10(13)18/h4-5H,3,6H2,1-2H3. The van der Waals surface area contributed by atoms with Crippen LogP contribution in [0.4, 0.5) is 8.78 Å². The first kappa shape index (κ1) is 16.1. The first-order valence-electron chi connectivity index (χ1n) is 6.24. The van der Waals surface area contributed by atoms with Crippen LogP contribution < -0.4 is 0 Å². The second-order valence-corrected chi connectivity index (χ2v) is 5.80. The fourth-order valence-corrected chi connectivity index (χ4v) is 2.69. The molecule has 0 aliphatic heterocycles. The van der Waals surface area contributed by atoms with E-state index in [-0.39, 0.29) is 10.9 Å². The Kier molecular flexibility index (Phi) is 4.78. The Labute approximate surface area is 134 Å². The number of benzene rings is 1. The molecule has 1 heterocycles. The minimum Gasteiger partial charge on any atom is -0.294 e. The summed E-state index contributed by atoms with van der Waals surface area (Å²) in [5.74, 6) is -2.47. The van der Waals surface area contributed by atoms with Crippen LogP contribution >= 0.6 is 27.5 Å². The van der Waals surface area contributed by atoms with Crippen molar-refractivity contribution in [3.8, 4) is 0 Å². The monoisotopic (exact) mass is 376 g/mol. The molecule has 0 N–H and O–H groups in total. The molecule has 0 aliphatic rings. The predicted octanol–water partition coefficient (Wildman–Crippen LogP) is 4.33. The van der Waals surface area contributed by atoms with Gasteiger partial charge >= 0.3 is 0 Å². The van der Waals surface area contributed by atoms with Gasteiger partial charge in [0.25, 0.3) is 0 Å². The van der Waals surface area contributed by atoms with Gasteiger partial charge in [0.1, 0.15) is 11.6 Å². The largest absolute Gasteiger partial charge is 0.294 e. The summed E-state index contributed by atoms with van der Waals surface area (Å²) < 4.78 is 29.4. The normalized spacial score (nSPS) is 11.0. The number of nitrogens with zero attached hydrogens (tertiary/aromatic N) is 2. The second-order valence-electron chi connectivity index (χ2n) is 4.51. The summed E-state index contributed by atoms with van der Waals surface area (Å²) in [6.45, 7) is 4.07. The molecule has 0 spiro atoms. The number of aromatic nitrogens is 2. The molecular formula is C14H12BrClF2N2O. The van der Waals surface area contributed by atoms with Crippen LogP contribution in [-0.4, -0.2) is 15.6 Å². The Balaban J connectivity index is 2.40. The van der Waals surface area contributed by atoms with E-state index in [2.05, 4.69) is 21.0 Å². The summed E-state index contributed by atoms with van der Waals surface area (Å²) in [4.78, 5) is 12.2. The van der Waals surface area contributed by atoms with E-state index in [9.17, 15) is 13.6 Å². The average Bonchev–Trinajstić information content (AvgIpc) is 2.65. The van der Waals surface area contributed by atoms with E-state index >= 15 is 0 Å². The number of halogens is 4. The predicted molar refractivity (Wildman–Crippen MR) is 79.7 cm³/mol. The molecule has 3 nitrogen and oxygen atoms in total. The number of carbonyl (C=O) groups excluding carboxylic acids is 1. The van der Waals surface area contributed by atoms with E-state index in [1.165, 1.54) is 0 Å². The number of carbonyl (C=O) groups is 1. The van der Waals surface area contributed by atoms with E-state index < -0.39 is 23.0 Å². The van der Waals surface area contributed by atoms with Gasteiger partial charge in [0.2, 0.25) is 0 Å². The lowest BCUT2D eigenvalue weighted by Crippen LogP contribution is -2.13. The van der Waals surface area contributed by atoms with Gasteiger partial charge in [0, 0.05) is 11.0 Å². The minimum absolute atomic E-state index is 0.205. The zero-order valence-corrected chi connectivity index (χ0v) is 13.7. The van der Waals surface area contributed by atoms with Gasteiger partial charge in [-0.05, 0) is 26.0 Å². The van der Waals surface area contributed by atoms with Crippen molar-refractivity contribution in [2.24, 2.45) is 0 Å². The minimum atomic E-state index is -0.901. The van der Waals surface area contributed by atoms with Crippen LogP contribution in [0.25, 0.3) is 0 Å². The molecule has 2 rings (SSSR count). The van der Waals surface area contributed by atoms with Gasteiger partial charge in [-0.2, -0.15) is 5.10 Å². The van der Waals surface area contributed by atoms with Gasteiger partial charge in [-0.1, -0.05) is 27.5 Å². The van der Waals surface area contributed by atoms with Crippen LogP contribution in [0.1, 0.15) is 28.7 Å². The van der Waals surface area contributed by atoms with Crippen molar-refractivity contribution >= 4 is 33.3 Å². The molecule has 0 aliphatic carbocycles. The highest BCUT2D eigenvalue weighted by atomic mass is 79.9. The molecule has 0 unspecified atom stereocenters. The van der Waals surface area contributed by atoms with Crippen molar-refractivity contribution in [2.75, 3.05) is 0 Å². The van der Waals surface area contributed by atoms with Crippen molar-refractivity contribution in [1.29, 1.82) is 0 Å². The number of Topliss-reactive ketones (excluding diaryl/α,β-unsaturated/α-hetero) is 1. The van der Waals surface area contributed by atoms with Gasteiger partial charge in [0.05, 0.1) is 28.4 Å². The van der Waals surface area contributed by atoms with Crippen molar-refractivity contribution in [2.45, 2.75) is 26.8 Å². The molecule has 1 aromatic carbocycles. The third-order valence-corrected chi connectivity index (χ3v) is 4.02. The average molecular weight is 378 g/mol. The lowest BCUT2D eigenvalue weighted by molar-refractivity contribution is 0.0982. The van der Waals surface area contributed by atoms with E-state index in [0.717, 1.165) is 12.1 Å². The molecule has 1 aromatic heterocycles. The molecule has 0 saturated heterocycles. The van der Waals surface area contributed by atoms with Crippen LogP contribution in [-0.2, 0) is 13.0 Å². The lowest BCUT2D eigenvalue weighted by atomic mass is 10.0. The smallest absolute Gasteiger partial charge is 0.174 e. The van der Waals surface area contributed by atoms with Crippen LogP contribution in [0.2, 0.25) is 5.02 Å². The molecule has 0 bridgehead atoms. The molecule has 21 heavy (non-hydrogen) atoms. The lowest BCUT2D eigenvalue weighted by Gasteiger charge is -2.07. The number of aryl methyl sites for hydroxylation is 2. The molecule has 2 aromatic rings. The number of hydrogen-bond acceptors (Lipinski definition) is 2. The molecule has 0 radical (unpaired) electrons. The van der Waals surface area contributed by atoms with Gasteiger partial charge in [0.15, 0.2) is 5.78 Å². The topological polar surface area (TPSA) is 34.9 Å². The number of ketones is 1. The third kappa shape index (κ3) is 3.16. The Morgan fingerprint density at radius 1 is 1.38 bits per heavy atom. The van der Waals surface area contributed by atoms with Crippen LogP contribution in [0, 0.1) is 18.6 Å². The zero-order chi connectivity index (χ0) is 15.7. The first-order valence-corrected chi connectivity index (χ1v) is 7.41. The van der Waals surface area contributed by atoms with Crippen LogP contribution in [0.3, 0.4) is 0 Å². The maximum absolute atomic E-state index is 13.8. The van der Waals surface area contributed by atoms with Crippen molar-refractivity contribution in [1.82, 2.24) is 9.78 Å². The number of hydrogen-bond donors (Lipinski definition) is 0. The maximum atomic E-state index is 13.8. The quantitative estimate of drug-likeness (QED) is 0.743. The fourth-order valence-electron chi connectivity index (χ4n) is 2.09. The highest BCUT2D eigenvalue weighted by Crippen LogP contribution is 2.25. The Morgan fingerprint density at radius 2 is 1.95 bits per heavy atom. The maximum Gasteiger partial charge on any atom is 0.174 e. The Bertz CT molecular complexity index is 692. The highest BCUT2D eigenvalue weighted by molar-refractivity contribution is 9.10. The Morgan fingerprint density at radius 3 is 2.48 bits per heavy atom. The summed E-state index contributed by atoms with van der Waals surface area (Å²) in [6.07, 6.45) is -0.205. The van der Waals surface area contributed by atoms with Gasteiger partial charge in [-0.25, -0.2) is 8.78 Å². The highest BCUT2D eigenvalue weighted by Gasteiger charge is 2.22. The molecule has 0 saturated carbocycles. The summed E-state index contributed by atoms with van der Waals surface area (Å²) in [6, 6.07) is 2.11. The molecule has 7 heteroatoms. The van der Waals surface area contributed by atoms with E-state index in [0.29, 0.717) is 23.0 Å². The summed E-state index contributed by atoms with van der Waals surface area (Å²) in [5.41, 5.74) is 0.484. The first-order chi connectivity index (χ1) is 9.85. The molecule has 0 atom stereocenters. The van der Waals surface area contributed by atoms with Gasteiger partial charge < -0.3 is 0 Å². The summed E-state index contributed by atoms with van der Waals surface area (Å²) >= 11 is 9.07. The third-order valence-electron chi connectivity index (χ3n) is 3.07. The van der Waals surface area contributed by atoms with Gasteiger partial charge in [-0.3, -0.25) is 9.48 Å². The van der Waals surface area contributed by atoms with Crippen molar-refractivity contribution in [3.05, 3.63) is 50.2 Å². The second kappa shape index (κ2) is 6.23. The van der Waals surface area contributed by atoms with E-state index in [1.807, 2.05) is 6.92 Å². The Hall–Kier alpha value is -1.27. The summed E-state index contributed by atoms with van der Waals surface area (Å²) in [5, 5.41) is 4.52. The zero-order valence-electron chi connectivity index (χ0n) is 11.4. The molecule has 0 amide bonds. The van der Waals surface area contributed by atoms with Crippen LogP contribution in [0.15, 0.2) is 16.6 Å².